The highest BCUT2D eigenvalue weighted by Gasteiger charge is 2.32. The third-order valence-corrected chi connectivity index (χ3v) is 4.97. The zero-order valence-electron chi connectivity index (χ0n) is 15.8. The molecule has 1 aromatic carbocycles. The molecule has 0 atom stereocenters. The van der Waals surface area contributed by atoms with Gasteiger partial charge in [0.1, 0.15) is 11.5 Å². The minimum absolute atomic E-state index is 0.00982. The highest BCUT2D eigenvalue weighted by atomic mass is 16.5. The molecule has 1 amide bonds. The van der Waals surface area contributed by atoms with Gasteiger partial charge in [0.25, 0.3) is 5.91 Å². The molecule has 6 heteroatoms. The molecule has 2 aromatic rings. The fourth-order valence-corrected chi connectivity index (χ4v) is 3.22. The second-order valence-corrected chi connectivity index (χ2v) is 7.31. The number of nitrogens with one attached hydrogen (secondary N) is 1. The lowest BCUT2D eigenvalue weighted by Crippen LogP contribution is -2.32. The third kappa shape index (κ3) is 4.81. The van der Waals surface area contributed by atoms with E-state index in [1.807, 2.05) is 31.2 Å². The maximum Gasteiger partial charge on any atom is 0.258 e. The summed E-state index contributed by atoms with van der Waals surface area (Å²) in [6.07, 6.45) is 5.05. The first-order valence-corrected chi connectivity index (χ1v) is 9.93. The summed E-state index contributed by atoms with van der Waals surface area (Å²) in [6, 6.07) is 9.58. The van der Waals surface area contributed by atoms with Crippen LogP contribution in [-0.2, 0) is 11.3 Å². The van der Waals surface area contributed by atoms with Crippen LogP contribution >= 0.6 is 0 Å². The maximum absolute atomic E-state index is 12.0. The van der Waals surface area contributed by atoms with E-state index in [1.165, 1.54) is 37.1 Å². The number of hydrogen-bond acceptors (Lipinski definition) is 4. The Morgan fingerprint density at radius 2 is 1.78 bits per heavy atom. The predicted octanol–water partition coefficient (Wildman–Crippen LogP) is 3.23. The number of amides is 1. The molecule has 1 heterocycles. The summed E-state index contributed by atoms with van der Waals surface area (Å²) >= 11 is 0. The fourth-order valence-electron chi connectivity index (χ4n) is 3.22. The van der Waals surface area contributed by atoms with Crippen molar-refractivity contribution < 1.29 is 14.3 Å². The van der Waals surface area contributed by atoms with Gasteiger partial charge in [0.2, 0.25) is 0 Å². The lowest BCUT2D eigenvalue weighted by Gasteiger charge is -2.10. The summed E-state index contributed by atoms with van der Waals surface area (Å²) in [6.45, 7) is 3.86. The van der Waals surface area contributed by atoms with Crippen LogP contribution in [0.4, 0.5) is 0 Å². The summed E-state index contributed by atoms with van der Waals surface area (Å²) in [5.41, 5.74) is 2.58. The van der Waals surface area contributed by atoms with Gasteiger partial charge in [-0.25, -0.2) is 0 Å². The minimum atomic E-state index is -0.119. The SMILES string of the molecule is CCOc1ccc(OCC(=O)NCCn2nc(C3CC3)cc2C2CC2)cc1. The second-order valence-electron chi connectivity index (χ2n) is 7.31. The van der Waals surface area contributed by atoms with E-state index in [0.717, 1.165) is 5.75 Å². The van der Waals surface area contributed by atoms with Crippen LogP contribution in [0.15, 0.2) is 30.3 Å². The van der Waals surface area contributed by atoms with Crippen molar-refractivity contribution in [2.24, 2.45) is 0 Å². The number of nitrogens with zero attached hydrogens (tertiary/aromatic N) is 2. The molecule has 0 bridgehead atoms. The van der Waals surface area contributed by atoms with Crippen molar-refractivity contribution in [3.05, 3.63) is 41.7 Å². The van der Waals surface area contributed by atoms with E-state index in [9.17, 15) is 4.79 Å². The smallest absolute Gasteiger partial charge is 0.258 e. The minimum Gasteiger partial charge on any atom is -0.494 e. The molecule has 144 valence electrons. The molecule has 2 aliphatic carbocycles. The van der Waals surface area contributed by atoms with Crippen molar-refractivity contribution in [3.63, 3.8) is 0 Å². The Morgan fingerprint density at radius 1 is 1.11 bits per heavy atom. The average Bonchev–Trinajstić information content (AvgIpc) is 3.60. The molecule has 0 aliphatic heterocycles. The van der Waals surface area contributed by atoms with Crippen LogP contribution in [0.3, 0.4) is 0 Å². The molecule has 27 heavy (non-hydrogen) atoms. The first-order valence-electron chi connectivity index (χ1n) is 9.93. The maximum atomic E-state index is 12.0. The zero-order valence-corrected chi connectivity index (χ0v) is 15.8. The van der Waals surface area contributed by atoms with Crippen molar-refractivity contribution in [2.75, 3.05) is 19.8 Å². The summed E-state index contributed by atoms with van der Waals surface area (Å²) in [5.74, 6) is 2.67. The molecule has 2 aliphatic rings. The van der Waals surface area contributed by atoms with Gasteiger partial charge in [0.15, 0.2) is 6.61 Å². The average molecular weight is 369 g/mol. The van der Waals surface area contributed by atoms with Crippen LogP contribution in [0.2, 0.25) is 0 Å². The van der Waals surface area contributed by atoms with Crippen molar-refractivity contribution in [2.45, 2.75) is 51.0 Å². The highest BCUT2D eigenvalue weighted by Crippen LogP contribution is 2.44. The van der Waals surface area contributed by atoms with Gasteiger partial charge in [0, 0.05) is 24.1 Å². The molecule has 2 fully saturated rings. The number of rotatable bonds is 10. The molecule has 1 aromatic heterocycles. The molecular formula is C21H27N3O3. The molecule has 6 nitrogen and oxygen atoms in total. The Balaban J connectivity index is 1.21. The van der Waals surface area contributed by atoms with E-state index in [4.69, 9.17) is 14.6 Å². The molecule has 0 saturated heterocycles. The van der Waals surface area contributed by atoms with Crippen LogP contribution in [0.1, 0.15) is 55.8 Å². The fraction of sp³-hybridized carbons (Fsp3) is 0.524. The van der Waals surface area contributed by atoms with Gasteiger partial charge in [-0.1, -0.05) is 0 Å². The summed E-state index contributed by atoms with van der Waals surface area (Å²) in [4.78, 5) is 12.0. The van der Waals surface area contributed by atoms with Gasteiger partial charge < -0.3 is 14.8 Å². The molecule has 0 spiro atoms. The van der Waals surface area contributed by atoms with E-state index < -0.39 is 0 Å². The number of ether oxygens (including phenoxy) is 2. The number of hydrogen-bond donors (Lipinski definition) is 1. The monoisotopic (exact) mass is 369 g/mol. The summed E-state index contributed by atoms with van der Waals surface area (Å²) in [5, 5.41) is 7.69. The van der Waals surface area contributed by atoms with Crippen molar-refractivity contribution >= 4 is 5.91 Å². The van der Waals surface area contributed by atoms with Gasteiger partial charge in [-0.3, -0.25) is 9.48 Å². The van der Waals surface area contributed by atoms with Crippen LogP contribution in [-0.4, -0.2) is 35.4 Å². The number of carbonyl (C=O) groups excluding carboxylic acids is 1. The van der Waals surface area contributed by atoms with E-state index in [-0.39, 0.29) is 12.5 Å². The van der Waals surface area contributed by atoms with Gasteiger partial charge in [-0.2, -0.15) is 5.10 Å². The number of benzene rings is 1. The lowest BCUT2D eigenvalue weighted by molar-refractivity contribution is -0.123. The Hall–Kier alpha value is -2.50. The number of carbonyl (C=O) groups is 1. The Kier molecular flexibility index (Phi) is 5.32. The van der Waals surface area contributed by atoms with Crippen molar-refractivity contribution in [1.82, 2.24) is 15.1 Å². The first-order chi connectivity index (χ1) is 13.2. The van der Waals surface area contributed by atoms with E-state index in [0.29, 0.717) is 37.3 Å². The molecule has 4 rings (SSSR count). The van der Waals surface area contributed by atoms with Crippen molar-refractivity contribution in [1.29, 1.82) is 0 Å². The van der Waals surface area contributed by atoms with E-state index in [1.54, 1.807) is 0 Å². The summed E-state index contributed by atoms with van der Waals surface area (Å²) in [7, 11) is 0. The van der Waals surface area contributed by atoms with Crippen molar-refractivity contribution in [3.8, 4) is 11.5 Å². The molecular weight excluding hydrogens is 342 g/mol. The first kappa shape index (κ1) is 17.9. The molecule has 2 saturated carbocycles. The topological polar surface area (TPSA) is 65.4 Å². The van der Waals surface area contributed by atoms with Gasteiger partial charge in [0.05, 0.1) is 18.8 Å². The van der Waals surface area contributed by atoms with Crippen LogP contribution < -0.4 is 14.8 Å². The standard InChI is InChI=1S/C21H27N3O3/c1-2-26-17-7-9-18(10-8-17)27-14-21(25)22-11-12-24-20(16-5-6-16)13-19(23-24)15-3-4-15/h7-10,13,15-16H,2-6,11-12,14H2,1H3,(H,22,25). The molecule has 1 N–H and O–H groups in total. The third-order valence-electron chi connectivity index (χ3n) is 4.97. The summed E-state index contributed by atoms with van der Waals surface area (Å²) < 4.78 is 13.0. The van der Waals surface area contributed by atoms with Crippen LogP contribution in [0.25, 0.3) is 0 Å². The normalized spacial score (nSPS) is 16.2. The van der Waals surface area contributed by atoms with E-state index in [2.05, 4.69) is 16.1 Å². The van der Waals surface area contributed by atoms with Crippen LogP contribution in [0, 0.1) is 0 Å². The molecule has 0 unspecified atom stereocenters. The van der Waals surface area contributed by atoms with Crippen LogP contribution in [0.5, 0.6) is 11.5 Å². The number of aromatic nitrogens is 2. The quantitative estimate of drug-likeness (QED) is 0.698. The molecule has 0 radical (unpaired) electrons. The second kappa shape index (κ2) is 8.03. The zero-order chi connectivity index (χ0) is 18.6. The lowest BCUT2D eigenvalue weighted by atomic mass is 10.2. The largest absolute Gasteiger partial charge is 0.494 e. The highest BCUT2D eigenvalue weighted by molar-refractivity contribution is 5.77. The predicted molar refractivity (Wildman–Crippen MR) is 102 cm³/mol. The Bertz CT molecular complexity index is 776. The van der Waals surface area contributed by atoms with Gasteiger partial charge >= 0.3 is 0 Å². The van der Waals surface area contributed by atoms with Gasteiger partial charge in [-0.05, 0) is 62.9 Å². The van der Waals surface area contributed by atoms with Gasteiger partial charge in [-0.15, -0.1) is 0 Å². The Morgan fingerprint density at radius 3 is 2.41 bits per heavy atom. The Labute approximate surface area is 159 Å². The van der Waals surface area contributed by atoms with E-state index >= 15 is 0 Å².